The van der Waals surface area contributed by atoms with Gasteiger partial charge in [0, 0.05) is 52.4 Å². The molecule has 0 spiro atoms. The summed E-state index contributed by atoms with van der Waals surface area (Å²) in [6.45, 7) is 20.6. The molecule has 1 aliphatic rings. The molecule has 264 valence electrons. The second kappa shape index (κ2) is 23.6. The van der Waals surface area contributed by atoms with Gasteiger partial charge in [-0.25, -0.2) is 0 Å². The van der Waals surface area contributed by atoms with Crippen LogP contribution in [0.15, 0.2) is 29.7 Å². The summed E-state index contributed by atoms with van der Waals surface area (Å²) >= 11 is 0. The minimum absolute atomic E-state index is 0.158. The number of hydrogen-bond acceptors (Lipinski definition) is 10. The Labute approximate surface area is 285 Å². The number of nitrogens with zero attached hydrogens (tertiary/aromatic N) is 4. The van der Waals surface area contributed by atoms with Crippen LogP contribution in [0, 0.1) is 0 Å². The summed E-state index contributed by atoms with van der Waals surface area (Å²) in [6, 6.07) is 8.92. The van der Waals surface area contributed by atoms with Crippen molar-refractivity contribution >= 4 is 31.3 Å². The van der Waals surface area contributed by atoms with E-state index in [1.807, 2.05) is 20.8 Å². The Morgan fingerprint density at radius 3 is 1.32 bits per heavy atom. The first kappa shape index (κ1) is 40.4. The van der Waals surface area contributed by atoms with Crippen molar-refractivity contribution in [3.05, 3.63) is 40.9 Å². The quantitative estimate of drug-likeness (QED) is 0.159. The Balaban J connectivity index is 2.21. The van der Waals surface area contributed by atoms with E-state index < -0.39 is 0 Å². The maximum absolute atomic E-state index is 12.2. The number of rotatable bonds is 15. The summed E-state index contributed by atoms with van der Waals surface area (Å²) in [5.41, 5.74) is 5.18. The molecule has 0 saturated carbocycles. The fraction of sp³-hybridized carbons (Fsp3) is 0.694. The van der Waals surface area contributed by atoms with E-state index in [1.54, 1.807) is 0 Å². The number of ether oxygens (including phenoxy) is 3. The molecule has 0 amide bonds. The highest BCUT2D eigenvalue weighted by Gasteiger charge is 2.18. The van der Waals surface area contributed by atoms with Crippen LogP contribution in [-0.2, 0) is 35.1 Å². The largest absolute Gasteiger partial charge is 0.466 e. The molecule has 0 atom stereocenters. The first-order valence-electron chi connectivity index (χ1n) is 17.7. The van der Waals surface area contributed by atoms with Crippen LogP contribution in [0.3, 0.4) is 0 Å². The maximum atomic E-state index is 12.2. The predicted octanol–water partition coefficient (Wildman–Crippen LogP) is 3.43. The van der Waals surface area contributed by atoms with Crippen molar-refractivity contribution < 1.29 is 28.6 Å². The van der Waals surface area contributed by atoms with Gasteiger partial charge >= 0.3 is 17.9 Å². The minimum Gasteiger partial charge on any atom is -0.466 e. The van der Waals surface area contributed by atoms with Crippen LogP contribution in [0.1, 0.15) is 77.8 Å². The van der Waals surface area contributed by atoms with Crippen LogP contribution in [0.25, 0.3) is 5.57 Å². The van der Waals surface area contributed by atoms with Gasteiger partial charge in [-0.05, 0) is 77.8 Å². The van der Waals surface area contributed by atoms with Gasteiger partial charge in [-0.1, -0.05) is 36.8 Å². The summed E-state index contributed by atoms with van der Waals surface area (Å²) in [6.07, 6.45) is 2.98. The zero-order valence-corrected chi connectivity index (χ0v) is 30.2. The van der Waals surface area contributed by atoms with Gasteiger partial charge in [0.25, 0.3) is 0 Å². The lowest BCUT2D eigenvalue weighted by atomic mass is 9.89. The number of hydrogen-bond donors (Lipinski definition) is 0. The molecular weight excluding hydrogens is 595 g/mol. The molecule has 1 saturated heterocycles. The summed E-state index contributed by atoms with van der Waals surface area (Å²) in [7, 11) is 2.15. The summed E-state index contributed by atoms with van der Waals surface area (Å²) < 4.78 is 15.6. The second-order valence-corrected chi connectivity index (χ2v) is 12.5. The topological polar surface area (TPSA) is 91.9 Å². The van der Waals surface area contributed by atoms with Crippen LogP contribution in [-0.4, -0.2) is 137 Å². The molecule has 47 heavy (non-hydrogen) atoms. The molecule has 0 aliphatic carbocycles. The molecule has 1 aromatic carbocycles. The molecule has 11 heteroatoms. The summed E-state index contributed by atoms with van der Waals surface area (Å²) in [5.74, 6) is -0.499. The highest BCUT2D eigenvalue weighted by atomic mass is 16.5. The van der Waals surface area contributed by atoms with Gasteiger partial charge in [-0.3, -0.25) is 19.3 Å². The van der Waals surface area contributed by atoms with Crippen molar-refractivity contribution in [1.29, 1.82) is 0 Å². The highest BCUT2D eigenvalue weighted by molar-refractivity contribution is 6.24. The monoisotopic (exact) mass is 656 g/mol. The Hall–Kier alpha value is -2.73. The molecule has 2 rings (SSSR count). The molecule has 1 fully saturated rings. The van der Waals surface area contributed by atoms with E-state index in [0.717, 1.165) is 71.7 Å². The number of esters is 3. The molecular formula is C36H61BN4O6. The summed E-state index contributed by atoms with van der Waals surface area (Å²) in [4.78, 5) is 46.2. The number of carbonyl (C=O) groups is 3. The Morgan fingerprint density at radius 1 is 0.596 bits per heavy atom. The third-order valence-electron chi connectivity index (χ3n) is 8.72. The molecule has 1 aromatic rings. The number of benzene rings is 1. The smallest absolute Gasteiger partial charge is 0.307 e. The lowest BCUT2D eigenvalue weighted by molar-refractivity contribution is -0.144. The van der Waals surface area contributed by atoms with Crippen molar-refractivity contribution in [3.63, 3.8) is 0 Å². The van der Waals surface area contributed by atoms with Crippen molar-refractivity contribution in [1.82, 2.24) is 19.6 Å². The molecule has 0 N–H and O–H groups in total. The minimum atomic E-state index is -0.177. The van der Waals surface area contributed by atoms with E-state index in [1.165, 1.54) is 22.2 Å². The van der Waals surface area contributed by atoms with E-state index in [2.05, 4.69) is 65.6 Å². The second-order valence-electron chi connectivity index (χ2n) is 12.5. The predicted molar refractivity (Wildman–Crippen MR) is 191 cm³/mol. The average molecular weight is 657 g/mol. The maximum Gasteiger partial charge on any atom is 0.307 e. The van der Waals surface area contributed by atoms with E-state index in [9.17, 15) is 14.4 Å². The van der Waals surface area contributed by atoms with Gasteiger partial charge < -0.3 is 28.9 Å². The normalized spacial score (nSPS) is 17.4. The van der Waals surface area contributed by atoms with Crippen LogP contribution in [0.5, 0.6) is 0 Å². The van der Waals surface area contributed by atoms with Crippen molar-refractivity contribution in [2.75, 3.05) is 91.8 Å². The van der Waals surface area contributed by atoms with Gasteiger partial charge in [0.05, 0.1) is 39.1 Å². The Morgan fingerprint density at radius 2 is 0.957 bits per heavy atom. The van der Waals surface area contributed by atoms with Gasteiger partial charge in [-0.15, -0.1) is 5.47 Å². The zero-order valence-electron chi connectivity index (χ0n) is 30.2. The van der Waals surface area contributed by atoms with E-state index in [-0.39, 0.29) is 17.9 Å². The van der Waals surface area contributed by atoms with Gasteiger partial charge in [-0.2, -0.15) is 0 Å². The Kier molecular flexibility index (Phi) is 20.3. The molecule has 0 unspecified atom stereocenters. The molecule has 0 radical (unpaired) electrons. The fourth-order valence-corrected chi connectivity index (χ4v) is 5.73. The van der Waals surface area contributed by atoms with Crippen LogP contribution < -0.4 is 0 Å². The molecule has 0 bridgehead atoms. The summed E-state index contributed by atoms with van der Waals surface area (Å²) in [5, 5.41) is 0. The standard InChI is InChI=1S/C36H61BN4O6/c1-6-45-34(42)15-22-38-18-9-19-40(24-17-36(44)47-8-3)27-28-41(29-32-11-13-33(14-12-32)30(4)31(5)37)21-10-20-39(26-25-38)23-16-35(43)46-7-2/h11-14H,6-10,15-29,37H2,1-5H3/b31-30+. The first-order chi connectivity index (χ1) is 22.6. The average Bonchev–Trinajstić information content (AvgIpc) is 3.04. The molecule has 10 nitrogen and oxygen atoms in total. The Bertz CT molecular complexity index is 1100. The van der Waals surface area contributed by atoms with Crippen molar-refractivity contribution in [3.8, 4) is 0 Å². The van der Waals surface area contributed by atoms with E-state index in [0.29, 0.717) is 58.7 Å². The third-order valence-corrected chi connectivity index (χ3v) is 8.72. The first-order valence-corrected chi connectivity index (χ1v) is 17.7. The molecule has 1 aliphatic heterocycles. The number of carbonyl (C=O) groups excluding carboxylic acids is 3. The van der Waals surface area contributed by atoms with Gasteiger partial charge in [0.1, 0.15) is 7.85 Å². The lowest BCUT2D eigenvalue weighted by Gasteiger charge is -2.32. The SMILES string of the molecule is B/C(C)=C(\C)c1ccc(CN2CCCN(CCC(=O)OCC)CCN(CCC(=O)OCC)CCCN(CCC(=O)OCC)CC2)cc1. The lowest BCUT2D eigenvalue weighted by Crippen LogP contribution is -2.42. The third kappa shape index (κ3) is 17.3. The van der Waals surface area contributed by atoms with Gasteiger partial charge in [0.2, 0.25) is 0 Å². The van der Waals surface area contributed by atoms with Gasteiger partial charge in [0.15, 0.2) is 0 Å². The van der Waals surface area contributed by atoms with Crippen molar-refractivity contribution in [2.24, 2.45) is 0 Å². The highest BCUT2D eigenvalue weighted by Crippen LogP contribution is 2.18. The molecule has 1 heterocycles. The van der Waals surface area contributed by atoms with Crippen LogP contribution in [0.2, 0.25) is 0 Å². The zero-order chi connectivity index (χ0) is 34.4. The number of allylic oxidation sites excluding steroid dienone is 2. The molecule has 0 aromatic heterocycles. The fourth-order valence-electron chi connectivity index (χ4n) is 5.73. The van der Waals surface area contributed by atoms with E-state index in [4.69, 9.17) is 14.2 Å². The van der Waals surface area contributed by atoms with E-state index >= 15 is 0 Å². The van der Waals surface area contributed by atoms with Crippen LogP contribution >= 0.6 is 0 Å². The van der Waals surface area contributed by atoms with Crippen molar-refractivity contribution in [2.45, 2.75) is 73.3 Å². The van der Waals surface area contributed by atoms with Crippen LogP contribution in [0.4, 0.5) is 0 Å².